The summed E-state index contributed by atoms with van der Waals surface area (Å²) in [6, 6.07) is 0.790. The lowest BCUT2D eigenvalue weighted by Gasteiger charge is -2.26. The number of rotatable bonds is 3. The smallest absolute Gasteiger partial charge is 0.325 e. The van der Waals surface area contributed by atoms with E-state index in [2.05, 4.69) is 5.32 Å². The minimum atomic E-state index is -1.03. The Kier molecular flexibility index (Phi) is 3.29. The lowest BCUT2D eigenvalue weighted by atomic mass is 9.92. The number of methoxy groups -OCH3 is 2. The number of aliphatic carboxylic acids is 1. The first-order chi connectivity index (χ1) is 8.60. The van der Waals surface area contributed by atoms with Gasteiger partial charge in [0.25, 0.3) is 0 Å². The van der Waals surface area contributed by atoms with Gasteiger partial charge in [0.05, 0.1) is 14.2 Å². The van der Waals surface area contributed by atoms with Crippen molar-refractivity contribution in [2.75, 3.05) is 20.8 Å². The summed E-state index contributed by atoms with van der Waals surface area (Å²) >= 11 is 0. The zero-order valence-corrected chi connectivity index (χ0v) is 10.2. The molecule has 0 saturated carbocycles. The first kappa shape index (κ1) is 12.5. The number of nitrogens with one attached hydrogen (secondary N) is 1. The molecule has 1 aliphatic heterocycles. The van der Waals surface area contributed by atoms with Gasteiger partial charge < -0.3 is 25.0 Å². The highest BCUT2D eigenvalue weighted by molar-refractivity contribution is 5.79. The third kappa shape index (κ3) is 1.84. The van der Waals surface area contributed by atoms with Gasteiger partial charge >= 0.3 is 5.97 Å². The van der Waals surface area contributed by atoms with E-state index in [1.807, 2.05) is 0 Å². The predicted octanol–water partition coefficient (Wildman–Crippen LogP) is 0.681. The highest BCUT2D eigenvalue weighted by atomic mass is 16.5. The summed E-state index contributed by atoms with van der Waals surface area (Å²) in [7, 11) is 2.87. The Morgan fingerprint density at radius 3 is 2.72 bits per heavy atom. The molecule has 0 bridgehead atoms. The topological polar surface area (TPSA) is 88.0 Å². The molecule has 0 aromatic heterocycles. The van der Waals surface area contributed by atoms with E-state index in [1.54, 1.807) is 6.07 Å². The molecule has 1 heterocycles. The summed E-state index contributed by atoms with van der Waals surface area (Å²) in [4.78, 5) is 11.2. The standard InChI is InChI=1S/C12H15NO5/c1-17-7-5-6-3-4-13-9(12(15)16)8(6)10(14)11(7)18-2/h5,9,13-14H,3-4H2,1-2H3,(H,15,16). The number of phenolic OH excluding ortho intramolecular Hbond substituents is 1. The number of fused-ring (bicyclic) bond motifs is 1. The van der Waals surface area contributed by atoms with Crippen LogP contribution in [-0.2, 0) is 11.2 Å². The molecule has 0 spiro atoms. The molecule has 0 aliphatic carbocycles. The van der Waals surface area contributed by atoms with E-state index in [9.17, 15) is 9.90 Å². The second-order valence-electron chi connectivity index (χ2n) is 4.01. The van der Waals surface area contributed by atoms with Gasteiger partial charge in [-0.25, -0.2) is 0 Å². The molecule has 0 radical (unpaired) electrons. The second-order valence-corrected chi connectivity index (χ2v) is 4.01. The van der Waals surface area contributed by atoms with Crippen molar-refractivity contribution >= 4 is 5.97 Å². The van der Waals surface area contributed by atoms with Crippen molar-refractivity contribution in [2.45, 2.75) is 12.5 Å². The number of hydrogen-bond donors (Lipinski definition) is 3. The zero-order chi connectivity index (χ0) is 13.3. The SMILES string of the molecule is COc1cc2c(c(O)c1OC)C(C(=O)O)NCC2. The van der Waals surface area contributed by atoms with Crippen molar-refractivity contribution in [1.82, 2.24) is 5.32 Å². The summed E-state index contributed by atoms with van der Waals surface area (Å²) in [6.45, 7) is 0.541. The van der Waals surface area contributed by atoms with Gasteiger partial charge in [0, 0.05) is 12.1 Å². The Labute approximate surface area is 104 Å². The molecule has 1 aromatic rings. The van der Waals surface area contributed by atoms with E-state index in [4.69, 9.17) is 14.6 Å². The normalized spacial score (nSPS) is 18.0. The molecule has 1 aromatic carbocycles. The van der Waals surface area contributed by atoms with Gasteiger partial charge in [-0.3, -0.25) is 4.79 Å². The molecule has 0 amide bonds. The van der Waals surface area contributed by atoms with Crippen molar-refractivity contribution in [3.8, 4) is 17.2 Å². The number of carbonyl (C=O) groups is 1. The van der Waals surface area contributed by atoms with Crippen LogP contribution in [0.4, 0.5) is 0 Å². The van der Waals surface area contributed by atoms with Crippen LogP contribution in [0, 0.1) is 0 Å². The Bertz CT molecular complexity index is 486. The second kappa shape index (κ2) is 4.73. The van der Waals surface area contributed by atoms with Crippen molar-refractivity contribution in [3.63, 3.8) is 0 Å². The lowest BCUT2D eigenvalue weighted by molar-refractivity contribution is -0.139. The summed E-state index contributed by atoms with van der Waals surface area (Å²) in [5.74, 6) is -0.643. The molecule has 6 nitrogen and oxygen atoms in total. The Hall–Kier alpha value is -1.95. The van der Waals surface area contributed by atoms with E-state index >= 15 is 0 Å². The molecule has 0 fully saturated rings. The monoisotopic (exact) mass is 253 g/mol. The minimum Gasteiger partial charge on any atom is -0.504 e. The average Bonchev–Trinajstić information content (AvgIpc) is 2.37. The maximum atomic E-state index is 11.2. The number of ether oxygens (including phenoxy) is 2. The van der Waals surface area contributed by atoms with E-state index in [-0.39, 0.29) is 11.5 Å². The van der Waals surface area contributed by atoms with Crippen LogP contribution >= 0.6 is 0 Å². The van der Waals surface area contributed by atoms with E-state index in [0.717, 1.165) is 5.56 Å². The lowest BCUT2D eigenvalue weighted by Crippen LogP contribution is -2.35. The summed E-state index contributed by atoms with van der Waals surface area (Å²) < 4.78 is 10.2. The zero-order valence-electron chi connectivity index (χ0n) is 10.2. The van der Waals surface area contributed by atoms with Crippen LogP contribution in [0.5, 0.6) is 17.2 Å². The van der Waals surface area contributed by atoms with Crippen LogP contribution in [0.2, 0.25) is 0 Å². The molecular formula is C12H15NO5. The first-order valence-electron chi connectivity index (χ1n) is 5.53. The van der Waals surface area contributed by atoms with Crippen molar-refractivity contribution in [3.05, 3.63) is 17.2 Å². The molecule has 1 atom stereocenters. The minimum absolute atomic E-state index is 0.159. The maximum absolute atomic E-state index is 11.2. The highest BCUT2D eigenvalue weighted by Gasteiger charge is 2.32. The van der Waals surface area contributed by atoms with Crippen molar-refractivity contribution in [2.24, 2.45) is 0 Å². The third-order valence-electron chi connectivity index (χ3n) is 3.05. The molecule has 98 valence electrons. The Morgan fingerprint density at radius 2 is 2.17 bits per heavy atom. The van der Waals surface area contributed by atoms with Gasteiger partial charge in [-0.15, -0.1) is 0 Å². The number of carboxylic acids is 1. The van der Waals surface area contributed by atoms with Crippen LogP contribution in [0.3, 0.4) is 0 Å². The van der Waals surface area contributed by atoms with Gasteiger partial charge in [-0.05, 0) is 18.1 Å². The quantitative estimate of drug-likeness (QED) is 0.734. The fourth-order valence-corrected chi connectivity index (χ4v) is 2.23. The third-order valence-corrected chi connectivity index (χ3v) is 3.05. The molecule has 0 saturated heterocycles. The first-order valence-corrected chi connectivity index (χ1v) is 5.53. The Balaban J connectivity index is 2.63. The molecular weight excluding hydrogens is 238 g/mol. The number of benzene rings is 1. The van der Waals surface area contributed by atoms with Gasteiger partial charge in [-0.1, -0.05) is 0 Å². The van der Waals surface area contributed by atoms with E-state index in [1.165, 1.54) is 14.2 Å². The Morgan fingerprint density at radius 1 is 1.44 bits per heavy atom. The van der Waals surface area contributed by atoms with Crippen LogP contribution in [0.1, 0.15) is 17.2 Å². The van der Waals surface area contributed by atoms with Crippen LogP contribution in [0.25, 0.3) is 0 Å². The van der Waals surface area contributed by atoms with E-state index in [0.29, 0.717) is 24.3 Å². The predicted molar refractivity (Wildman–Crippen MR) is 63.3 cm³/mol. The fourth-order valence-electron chi connectivity index (χ4n) is 2.23. The van der Waals surface area contributed by atoms with Crippen LogP contribution in [0.15, 0.2) is 6.07 Å². The summed E-state index contributed by atoms with van der Waals surface area (Å²) in [6.07, 6.45) is 0.632. The van der Waals surface area contributed by atoms with E-state index < -0.39 is 12.0 Å². The fraction of sp³-hybridized carbons (Fsp3) is 0.417. The van der Waals surface area contributed by atoms with Crippen molar-refractivity contribution < 1.29 is 24.5 Å². The van der Waals surface area contributed by atoms with Gasteiger partial charge in [0.2, 0.25) is 5.75 Å². The molecule has 18 heavy (non-hydrogen) atoms. The molecule has 1 aliphatic rings. The summed E-state index contributed by atoms with van der Waals surface area (Å²) in [5, 5.41) is 22.2. The number of aromatic hydroxyl groups is 1. The molecule has 3 N–H and O–H groups in total. The highest BCUT2D eigenvalue weighted by Crippen LogP contribution is 2.44. The van der Waals surface area contributed by atoms with Gasteiger partial charge in [0.1, 0.15) is 6.04 Å². The number of phenols is 1. The largest absolute Gasteiger partial charge is 0.504 e. The van der Waals surface area contributed by atoms with Gasteiger partial charge in [-0.2, -0.15) is 0 Å². The molecule has 1 unspecified atom stereocenters. The van der Waals surface area contributed by atoms with Gasteiger partial charge in [0.15, 0.2) is 11.5 Å². The number of hydrogen-bond acceptors (Lipinski definition) is 5. The number of carboxylic acid groups (broad SMARTS) is 1. The molecule has 6 heteroatoms. The van der Waals surface area contributed by atoms with Crippen LogP contribution < -0.4 is 14.8 Å². The summed E-state index contributed by atoms with van der Waals surface area (Å²) in [5.41, 5.74) is 1.11. The average molecular weight is 253 g/mol. The maximum Gasteiger partial charge on any atom is 0.325 e. The van der Waals surface area contributed by atoms with Crippen molar-refractivity contribution in [1.29, 1.82) is 0 Å². The molecule has 2 rings (SSSR count). The van der Waals surface area contributed by atoms with Crippen LogP contribution in [-0.4, -0.2) is 36.9 Å².